The van der Waals surface area contributed by atoms with Gasteiger partial charge in [-0.15, -0.1) is 21.5 Å². The van der Waals surface area contributed by atoms with Crippen molar-refractivity contribution in [3.8, 4) is 16.3 Å². The Morgan fingerprint density at radius 3 is 2.50 bits per heavy atom. The van der Waals surface area contributed by atoms with Crippen LogP contribution < -0.4 is 4.74 Å². The molecule has 0 N–H and O–H groups in total. The molecule has 4 aromatic rings. The second kappa shape index (κ2) is 8.58. The summed E-state index contributed by atoms with van der Waals surface area (Å²) in [5, 5.41) is 12.7. The van der Waals surface area contributed by atoms with Crippen LogP contribution in [0.3, 0.4) is 0 Å². The normalized spacial score (nSPS) is 12.1. The molecule has 0 aliphatic heterocycles. The fraction of sp³-hybridized carbons (Fsp3) is 0.190. The van der Waals surface area contributed by atoms with Gasteiger partial charge in [-0.25, -0.2) is 4.98 Å². The summed E-state index contributed by atoms with van der Waals surface area (Å²) in [6.07, 6.45) is -0.182. The van der Waals surface area contributed by atoms with Crippen LogP contribution in [0.4, 0.5) is 0 Å². The van der Waals surface area contributed by atoms with Gasteiger partial charge in [-0.2, -0.15) is 0 Å². The Hall–Kier alpha value is -2.64. The van der Waals surface area contributed by atoms with Crippen LogP contribution in [0.25, 0.3) is 10.6 Å². The van der Waals surface area contributed by atoms with Gasteiger partial charge in [0.1, 0.15) is 10.8 Å². The van der Waals surface area contributed by atoms with Gasteiger partial charge in [0, 0.05) is 23.7 Å². The molecule has 5 nitrogen and oxygen atoms in total. The Kier molecular flexibility index (Phi) is 5.73. The van der Waals surface area contributed by atoms with Crippen LogP contribution in [0.1, 0.15) is 24.5 Å². The van der Waals surface area contributed by atoms with Crippen LogP contribution in [-0.2, 0) is 12.8 Å². The molecule has 4 rings (SSSR count). The van der Waals surface area contributed by atoms with Gasteiger partial charge in [0.15, 0.2) is 17.1 Å². The van der Waals surface area contributed by atoms with Crippen LogP contribution in [0, 0.1) is 0 Å². The molecule has 7 heteroatoms. The third kappa shape index (κ3) is 4.26. The van der Waals surface area contributed by atoms with Crippen LogP contribution in [-0.4, -0.2) is 19.7 Å². The van der Waals surface area contributed by atoms with Crippen molar-refractivity contribution < 1.29 is 4.74 Å². The molecule has 0 aliphatic carbocycles. The molecular formula is C21H20N4OS2. The van der Waals surface area contributed by atoms with E-state index in [0.717, 1.165) is 38.7 Å². The van der Waals surface area contributed by atoms with Crippen molar-refractivity contribution in [2.24, 2.45) is 7.05 Å². The van der Waals surface area contributed by atoms with Crippen LogP contribution >= 0.6 is 23.1 Å². The first kappa shape index (κ1) is 18.7. The second-order valence-corrected chi connectivity index (χ2v) is 8.07. The lowest BCUT2D eigenvalue weighted by molar-refractivity contribution is 0.211. The maximum Gasteiger partial charge on any atom is 0.191 e. The lowest BCUT2D eigenvalue weighted by Crippen LogP contribution is -2.10. The van der Waals surface area contributed by atoms with E-state index in [1.807, 2.05) is 67.1 Å². The first-order valence-electron chi connectivity index (χ1n) is 8.94. The SMILES string of the molecule is CC(Oc1ccccc1)c1nnc(SCc2csc(-c3ccccc3)n2)n1C. The third-order valence-corrected chi connectivity index (χ3v) is 6.20. The molecular weight excluding hydrogens is 388 g/mol. The maximum absolute atomic E-state index is 5.97. The highest BCUT2D eigenvalue weighted by Crippen LogP contribution is 2.28. The molecule has 1 atom stereocenters. The van der Waals surface area contributed by atoms with Crippen molar-refractivity contribution in [3.63, 3.8) is 0 Å². The molecule has 0 spiro atoms. The van der Waals surface area contributed by atoms with Crippen molar-refractivity contribution in [2.45, 2.75) is 23.9 Å². The average molecular weight is 409 g/mol. The Morgan fingerprint density at radius 1 is 1.04 bits per heavy atom. The Bertz CT molecular complexity index is 1030. The Balaban J connectivity index is 1.40. The molecule has 2 aromatic heterocycles. The third-order valence-electron chi connectivity index (χ3n) is 4.21. The molecule has 0 radical (unpaired) electrons. The van der Waals surface area contributed by atoms with Gasteiger partial charge < -0.3 is 9.30 Å². The maximum atomic E-state index is 5.97. The fourth-order valence-corrected chi connectivity index (χ4v) is 4.53. The van der Waals surface area contributed by atoms with Gasteiger partial charge in [0.2, 0.25) is 0 Å². The minimum atomic E-state index is -0.182. The average Bonchev–Trinajstić information content (AvgIpc) is 3.34. The van der Waals surface area contributed by atoms with Crippen molar-refractivity contribution in [3.05, 3.63) is 77.6 Å². The molecule has 2 heterocycles. The van der Waals surface area contributed by atoms with Gasteiger partial charge >= 0.3 is 0 Å². The molecule has 1 unspecified atom stereocenters. The zero-order valence-corrected chi connectivity index (χ0v) is 17.3. The topological polar surface area (TPSA) is 52.8 Å². The first-order chi connectivity index (χ1) is 13.7. The van der Waals surface area contributed by atoms with E-state index in [1.54, 1.807) is 23.1 Å². The fourth-order valence-electron chi connectivity index (χ4n) is 2.79. The predicted octanol–water partition coefficient (Wildman–Crippen LogP) is 5.37. The number of benzene rings is 2. The summed E-state index contributed by atoms with van der Waals surface area (Å²) in [4.78, 5) is 4.74. The van der Waals surface area contributed by atoms with Gasteiger partial charge in [-0.05, 0) is 19.1 Å². The van der Waals surface area contributed by atoms with E-state index in [9.17, 15) is 0 Å². The second-order valence-electron chi connectivity index (χ2n) is 6.27. The van der Waals surface area contributed by atoms with Gasteiger partial charge in [-0.1, -0.05) is 60.3 Å². The molecule has 142 valence electrons. The zero-order chi connectivity index (χ0) is 19.3. The number of hydrogen-bond donors (Lipinski definition) is 0. The summed E-state index contributed by atoms with van der Waals surface area (Å²) in [6.45, 7) is 1.98. The van der Waals surface area contributed by atoms with Crippen molar-refractivity contribution in [2.75, 3.05) is 0 Å². The number of para-hydroxylation sites is 1. The van der Waals surface area contributed by atoms with Crippen LogP contribution in [0.5, 0.6) is 5.75 Å². The quantitative estimate of drug-likeness (QED) is 0.385. The van der Waals surface area contributed by atoms with Crippen molar-refractivity contribution in [1.29, 1.82) is 0 Å². The van der Waals surface area contributed by atoms with Crippen molar-refractivity contribution >= 4 is 23.1 Å². The summed E-state index contributed by atoms with van der Waals surface area (Å²) in [5.41, 5.74) is 2.20. The number of rotatable bonds is 7. The summed E-state index contributed by atoms with van der Waals surface area (Å²) in [7, 11) is 1.97. The van der Waals surface area contributed by atoms with E-state index in [4.69, 9.17) is 9.72 Å². The Labute approximate surface area is 172 Å². The highest BCUT2D eigenvalue weighted by molar-refractivity contribution is 7.98. The number of aromatic nitrogens is 4. The monoisotopic (exact) mass is 408 g/mol. The van der Waals surface area contributed by atoms with E-state index >= 15 is 0 Å². The molecule has 0 amide bonds. The lowest BCUT2D eigenvalue weighted by Gasteiger charge is -2.14. The van der Waals surface area contributed by atoms with Gasteiger partial charge in [0.05, 0.1) is 5.69 Å². The lowest BCUT2D eigenvalue weighted by atomic mass is 10.2. The predicted molar refractivity (Wildman–Crippen MR) is 114 cm³/mol. The number of thiazole rings is 1. The largest absolute Gasteiger partial charge is 0.483 e. The summed E-state index contributed by atoms with van der Waals surface area (Å²) >= 11 is 3.30. The van der Waals surface area contributed by atoms with E-state index in [1.165, 1.54) is 0 Å². The number of nitrogens with zero attached hydrogens (tertiary/aromatic N) is 4. The molecule has 2 aromatic carbocycles. The summed E-state index contributed by atoms with van der Waals surface area (Å²) in [6, 6.07) is 20.0. The van der Waals surface area contributed by atoms with E-state index in [2.05, 4.69) is 27.7 Å². The zero-order valence-electron chi connectivity index (χ0n) is 15.6. The molecule has 0 saturated heterocycles. The van der Waals surface area contributed by atoms with Crippen molar-refractivity contribution in [1.82, 2.24) is 19.7 Å². The van der Waals surface area contributed by atoms with E-state index < -0.39 is 0 Å². The smallest absolute Gasteiger partial charge is 0.191 e. The molecule has 0 fully saturated rings. The molecule has 0 bridgehead atoms. The summed E-state index contributed by atoms with van der Waals surface area (Å²) < 4.78 is 7.96. The highest BCUT2D eigenvalue weighted by atomic mass is 32.2. The summed E-state index contributed by atoms with van der Waals surface area (Å²) in [5.74, 6) is 2.38. The minimum Gasteiger partial charge on any atom is -0.483 e. The van der Waals surface area contributed by atoms with E-state index in [-0.39, 0.29) is 6.10 Å². The number of thioether (sulfide) groups is 1. The van der Waals surface area contributed by atoms with E-state index in [0.29, 0.717) is 0 Å². The van der Waals surface area contributed by atoms with Gasteiger partial charge in [-0.3, -0.25) is 0 Å². The Morgan fingerprint density at radius 2 is 1.75 bits per heavy atom. The van der Waals surface area contributed by atoms with Crippen LogP contribution in [0.15, 0.2) is 71.2 Å². The number of ether oxygens (including phenoxy) is 1. The van der Waals surface area contributed by atoms with Gasteiger partial charge in [0.25, 0.3) is 0 Å². The molecule has 0 aliphatic rings. The molecule has 28 heavy (non-hydrogen) atoms. The number of hydrogen-bond acceptors (Lipinski definition) is 6. The highest BCUT2D eigenvalue weighted by Gasteiger charge is 2.17. The van der Waals surface area contributed by atoms with Crippen LogP contribution in [0.2, 0.25) is 0 Å². The molecule has 0 saturated carbocycles. The first-order valence-corrected chi connectivity index (χ1v) is 10.8. The minimum absolute atomic E-state index is 0.182. The standard InChI is InChI=1S/C21H20N4OS2/c1-15(26-18-11-7-4-8-12-18)19-23-24-21(25(19)2)28-14-17-13-27-20(22-17)16-9-5-3-6-10-16/h3-13,15H,14H2,1-2H3.